The smallest absolute Gasteiger partial charge is 0.282 e. The molecule has 4 unspecified atom stereocenters. The van der Waals surface area contributed by atoms with Gasteiger partial charge in [-0.05, 0) is 55.1 Å². The molecular weight excluding hydrogens is 292 g/mol. The number of nitro groups is 1. The van der Waals surface area contributed by atoms with Gasteiger partial charge in [0.2, 0.25) is 0 Å². The molecule has 0 spiro atoms. The zero-order chi connectivity index (χ0) is 14.7. The first kappa shape index (κ1) is 13.1. The summed E-state index contributed by atoms with van der Waals surface area (Å²) in [7, 11) is 0. The molecule has 110 valence electrons. The predicted octanol–water partition coefficient (Wildman–Crippen LogP) is 3.02. The second-order valence-corrected chi connectivity index (χ2v) is 6.84. The number of hydrogen-bond acceptors (Lipinski definition) is 3. The van der Waals surface area contributed by atoms with Crippen molar-refractivity contribution in [1.29, 1.82) is 0 Å². The number of carbonyl (C=O) groups is 1. The highest BCUT2D eigenvalue weighted by Gasteiger charge is 2.65. The molecule has 1 aromatic carbocycles. The molecule has 1 amide bonds. The van der Waals surface area contributed by atoms with Gasteiger partial charge in [0.1, 0.15) is 5.56 Å². The molecule has 3 fully saturated rings. The lowest BCUT2D eigenvalue weighted by Crippen LogP contribution is -2.30. The van der Waals surface area contributed by atoms with Crippen molar-refractivity contribution in [1.82, 2.24) is 5.32 Å². The predicted molar refractivity (Wildman–Crippen MR) is 77.2 cm³/mol. The van der Waals surface area contributed by atoms with E-state index in [1.165, 1.54) is 37.5 Å². The highest BCUT2D eigenvalue weighted by atomic mass is 35.5. The van der Waals surface area contributed by atoms with Gasteiger partial charge in [-0.25, -0.2) is 0 Å². The van der Waals surface area contributed by atoms with E-state index in [4.69, 9.17) is 11.6 Å². The molecule has 0 aromatic heterocycles. The molecule has 21 heavy (non-hydrogen) atoms. The average Bonchev–Trinajstić information content (AvgIpc) is 2.83. The van der Waals surface area contributed by atoms with Crippen LogP contribution in [0.25, 0.3) is 0 Å². The fourth-order valence-electron chi connectivity index (χ4n) is 4.60. The van der Waals surface area contributed by atoms with Gasteiger partial charge in [0, 0.05) is 17.1 Å². The van der Waals surface area contributed by atoms with Crippen LogP contribution in [0.1, 0.15) is 29.6 Å². The van der Waals surface area contributed by atoms with Gasteiger partial charge in [0.15, 0.2) is 0 Å². The highest BCUT2D eigenvalue weighted by Crippen LogP contribution is 2.65. The average molecular weight is 307 g/mol. The number of carbonyl (C=O) groups excluding carboxylic acids is 1. The molecule has 0 heterocycles. The van der Waals surface area contributed by atoms with Crippen LogP contribution in [0.3, 0.4) is 0 Å². The van der Waals surface area contributed by atoms with Gasteiger partial charge >= 0.3 is 0 Å². The van der Waals surface area contributed by atoms with E-state index in [9.17, 15) is 14.9 Å². The maximum atomic E-state index is 12.4. The van der Waals surface area contributed by atoms with Crippen LogP contribution in [0.2, 0.25) is 5.02 Å². The lowest BCUT2D eigenvalue weighted by molar-refractivity contribution is -0.385. The number of fused-ring (bicyclic) bond motifs is 5. The Bertz CT molecular complexity index is 632. The first-order valence-electron chi connectivity index (χ1n) is 7.31. The Hall–Kier alpha value is -1.62. The number of rotatable bonds is 3. The molecule has 3 aliphatic carbocycles. The quantitative estimate of drug-likeness (QED) is 0.689. The minimum Gasteiger partial charge on any atom is -0.348 e. The Morgan fingerprint density at radius 3 is 2.57 bits per heavy atom. The van der Waals surface area contributed by atoms with Gasteiger partial charge < -0.3 is 5.32 Å². The number of hydrogen-bond donors (Lipinski definition) is 1. The molecule has 1 aromatic rings. The molecule has 0 aliphatic heterocycles. The van der Waals surface area contributed by atoms with E-state index in [2.05, 4.69) is 5.32 Å². The van der Waals surface area contributed by atoms with Crippen molar-refractivity contribution >= 4 is 23.2 Å². The molecule has 0 saturated heterocycles. The van der Waals surface area contributed by atoms with Crippen molar-refractivity contribution in [2.24, 2.45) is 23.7 Å². The Labute approximate surface area is 126 Å². The summed E-state index contributed by atoms with van der Waals surface area (Å²) >= 11 is 5.87. The molecule has 6 heteroatoms. The molecule has 0 radical (unpaired) electrons. The summed E-state index contributed by atoms with van der Waals surface area (Å²) < 4.78 is 0. The number of nitro benzene ring substituents is 1. The lowest BCUT2D eigenvalue weighted by Gasteiger charge is -2.11. The first-order chi connectivity index (χ1) is 10.1. The van der Waals surface area contributed by atoms with Gasteiger partial charge in [-0.1, -0.05) is 11.6 Å². The number of amides is 1. The van der Waals surface area contributed by atoms with Gasteiger partial charge in [0.05, 0.1) is 4.92 Å². The first-order valence-corrected chi connectivity index (χ1v) is 7.69. The van der Waals surface area contributed by atoms with Gasteiger partial charge in [-0.3, -0.25) is 14.9 Å². The lowest BCUT2D eigenvalue weighted by atomic mass is 10.0. The maximum absolute atomic E-state index is 12.4. The van der Waals surface area contributed by atoms with E-state index in [0.717, 1.165) is 11.8 Å². The summed E-state index contributed by atoms with van der Waals surface area (Å²) in [6.45, 7) is 0. The third kappa shape index (κ3) is 1.94. The monoisotopic (exact) mass is 306 g/mol. The van der Waals surface area contributed by atoms with Crippen LogP contribution in [0, 0.1) is 33.8 Å². The fraction of sp³-hybridized carbons (Fsp3) is 0.533. The van der Waals surface area contributed by atoms with E-state index in [1.807, 2.05) is 0 Å². The second kappa shape index (κ2) is 4.44. The molecule has 4 rings (SSSR count). The van der Waals surface area contributed by atoms with Crippen LogP contribution in [0.4, 0.5) is 5.69 Å². The van der Waals surface area contributed by atoms with Crippen LogP contribution >= 0.6 is 11.6 Å². The topological polar surface area (TPSA) is 72.2 Å². The summed E-state index contributed by atoms with van der Waals surface area (Å²) in [6, 6.07) is 4.31. The molecule has 3 aliphatic rings. The van der Waals surface area contributed by atoms with Gasteiger partial charge in [-0.2, -0.15) is 0 Å². The normalized spacial score (nSPS) is 35.4. The standard InChI is InChI=1S/C15H15ClN2O3/c16-9-3-4-11(18(20)21)10(6-9)15(19)17-14-12-7-1-2-8(5-7)13(12)14/h3-4,6-8,12-14H,1-2,5H2,(H,17,19). The molecule has 5 nitrogen and oxygen atoms in total. The largest absolute Gasteiger partial charge is 0.348 e. The number of halogens is 1. The SMILES string of the molecule is O=C(NC1C2C3CCC(C3)C12)c1cc(Cl)ccc1[N+](=O)[O-]. The Kier molecular flexibility index (Phi) is 2.76. The maximum Gasteiger partial charge on any atom is 0.282 e. The Balaban J connectivity index is 1.54. The van der Waals surface area contributed by atoms with E-state index in [-0.39, 0.29) is 23.2 Å². The van der Waals surface area contributed by atoms with Gasteiger partial charge in [-0.15, -0.1) is 0 Å². The van der Waals surface area contributed by atoms with Crippen molar-refractivity contribution in [3.8, 4) is 0 Å². The van der Waals surface area contributed by atoms with Crippen molar-refractivity contribution in [2.75, 3.05) is 0 Å². The summed E-state index contributed by atoms with van der Waals surface area (Å²) in [6.07, 6.45) is 3.85. The third-order valence-electron chi connectivity index (χ3n) is 5.43. The number of nitrogens with zero attached hydrogens (tertiary/aromatic N) is 1. The number of nitrogens with one attached hydrogen (secondary N) is 1. The van der Waals surface area contributed by atoms with Crippen LogP contribution in [-0.2, 0) is 0 Å². The van der Waals surface area contributed by atoms with E-state index < -0.39 is 4.92 Å². The van der Waals surface area contributed by atoms with Crippen LogP contribution in [-0.4, -0.2) is 16.9 Å². The second-order valence-electron chi connectivity index (χ2n) is 6.41. The van der Waals surface area contributed by atoms with Crippen molar-refractivity contribution in [3.05, 3.63) is 38.9 Å². The highest BCUT2D eigenvalue weighted by molar-refractivity contribution is 6.31. The zero-order valence-corrected chi connectivity index (χ0v) is 12.0. The summed E-state index contributed by atoms with van der Waals surface area (Å²) in [4.78, 5) is 22.9. The molecule has 2 bridgehead atoms. The molecule has 3 saturated carbocycles. The summed E-state index contributed by atoms with van der Waals surface area (Å²) in [5.41, 5.74) is -0.129. The van der Waals surface area contributed by atoms with E-state index >= 15 is 0 Å². The Morgan fingerprint density at radius 2 is 1.95 bits per heavy atom. The van der Waals surface area contributed by atoms with E-state index in [0.29, 0.717) is 16.9 Å². The third-order valence-corrected chi connectivity index (χ3v) is 5.67. The molecule has 4 atom stereocenters. The summed E-state index contributed by atoms with van der Waals surface area (Å²) in [5, 5.41) is 14.4. The van der Waals surface area contributed by atoms with Crippen molar-refractivity contribution in [3.63, 3.8) is 0 Å². The van der Waals surface area contributed by atoms with Crippen molar-refractivity contribution in [2.45, 2.75) is 25.3 Å². The van der Waals surface area contributed by atoms with Crippen LogP contribution in [0.15, 0.2) is 18.2 Å². The number of benzene rings is 1. The van der Waals surface area contributed by atoms with Crippen molar-refractivity contribution < 1.29 is 9.72 Å². The fourth-order valence-corrected chi connectivity index (χ4v) is 4.77. The zero-order valence-electron chi connectivity index (χ0n) is 11.3. The Morgan fingerprint density at radius 1 is 1.29 bits per heavy atom. The van der Waals surface area contributed by atoms with Crippen LogP contribution < -0.4 is 5.32 Å². The minimum atomic E-state index is -0.539. The van der Waals surface area contributed by atoms with Crippen LogP contribution in [0.5, 0.6) is 0 Å². The minimum absolute atomic E-state index is 0.0600. The van der Waals surface area contributed by atoms with E-state index in [1.54, 1.807) is 0 Å². The molecular formula is C15H15ClN2O3. The molecule has 1 N–H and O–H groups in total. The van der Waals surface area contributed by atoms with Gasteiger partial charge in [0.25, 0.3) is 11.6 Å². The summed E-state index contributed by atoms with van der Waals surface area (Å²) in [5.74, 6) is 2.33.